The van der Waals surface area contributed by atoms with Crippen LogP contribution in [0.2, 0.25) is 5.15 Å². The van der Waals surface area contributed by atoms with E-state index in [9.17, 15) is 4.79 Å². The molecule has 122 valence electrons. The van der Waals surface area contributed by atoms with Crippen molar-refractivity contribution < 1.29 is 9.53 Å². The lowest BCUT2D eigenvalue weighted by atomic mass is 10.2. The number of piperazine rings is 1. The molecular formula is C15H23ClN4O2. The van der Waals surface area contributed by atoms with E-state index in [1.54, 1.807) is 11.0 Å². The summed E-state index contributed by atoms with van der Waals surface area (Å²) in [5.74, 6) is 1.44. The number of amides is 1. The lowest BCUT2D eigenvalue weighted by molar-refractivity contribution is 0.0218. The van der Waals surface area contributed by atoms with Crippen LogP contribution in [0.4, 0.5) is 10.6 Å². The Bertz CT molecular complexity index is 539. The molecule has 7 heteroatoms. The Morgan fingerprint density at radius 2 is 2.05 bits per heavy atom. The van der Waals surface area contributed by atoms with Gasteiger partial charge in [-0.25, -0.2) is 14.8 Å². The Balaban J connectivity index is 2.05. The van der Waals surface area contributed by atoms with Crippen LogP contribution in [0, 0.1) is 6.92 Å². The van der Waals surface area contributed by atoms with Crippen LogP contribution in [0.5, 0.6) is 0 Å². The maximum atomic E-state index is 12.1. The molecule has 1 fully saturated rings. The molecule has 0 bridgehead atoms. The zero-order valence-corrected chi connectivity index (χ0v) is 14.5. The number of halogens is 1. The monoisotopic (exact) mass is 326 g/mol. The van der Waals surface area contributed by atoms with E-state index in [1.165, 1.54) is 0 Å². The van der Waals surface area contributed by atoms with E-state index in [-0.39, 0.29) is 12.1 Å². The largest absolute Gasteiger partial charge is 0.444 e. The minimum Gasteiger partial charge on any atom is -0.444 e. The van der Waals surface area contributed by atoms with Crippen molar-refractivity contribution >= 4 is 23.5 Å². The zero-order chi connectivity index (χ0) is 16.5. The molecular weight excluding hydrogens is 304 g/mol. The van der Waals surface area contributed by atoms with Crippen molar-refractivity contribution in [2.75, 3.05) is 24.5 Å². The first kappa shape index (κ1) is 16.8. The van der Waals surface area contributed by atoms with Crippen LogP contribution in [-0.4, -0.2) is 52.2 Å². The van der Waals surface area contributed by atoms with Gasteiger partial charge >= 0.3 is 6.09 Å². The van der Waals surface area contributed by atoms with Gasteiger partial charge in [0.15, 0.2) is 0 Å². The van der Waals surface area contributed by atoms with Gasteiger partial charge in [-0.1, -0.05) is 11.6 Å². The van der Waals surface area contributed by atoms with Crippen molar-refractivity contribution in [1.82, 2.24) is 14.9 Å². The predicted molar refractivity (Wildman–Crippen MR) is 86.4 cm³/mol. The quantitative estimate of drug-likeness (QED) is 0.743. The Labute approximate surface area is 136 Å². The molecule has 0 saturated carbocycles. The molecule has 1 saturated heterocycles. The molecule has 1 aromatic heterocycles. The molecule has 0 aliphatic carbocycles. The van der Waals surface area contributed by atoms with Crippen molar-refractivity contribution in [1.29, 1.82) is 0 Å². The molecule has 6 nitrogen and oxygen atoms in total. The molecule has 0 spiro atoms. The fraction of sp³-hybridized carbons (Fsp3) is 0.667. The van der Waals surface area contributed by atoms with Gasteiger partial charge in [0.1, 0.15) is 22.4 Å². The minimum absolute atomic E-state index is 0.131. The van der Waals surface area contributed by atoms with E-state index in [2.05, 4.69) is 21.8 Å². The lowest BCUT2D eigenvalue weighted by Crippen LogP contribution is -2.54. The third-order valence-corrected chi connectivity index (χ3v) is 3.56. The van der Waals surface area contributed by atoms with E-state index in [1.807, 2.05) is 27.7 Å². The number of aromatic nitrogens is 2. The van der Waals surface area contributed by atoms with Gasteiger partial charge in [-0.15, -0.1) is 0 Å². The topological polar surface area (TPSA) is 58.6 Å². The maximum Gasteiger partial charge on any atom is 0.410 e. The van der Waals surface area contributed by atoms with E-state index in [0.29, 0.717) is 30.6 Å². The van der Waals surface area contributed by atoms with Gasteiger partial charge in [-0.2, -0.15) is 0 Å². The summed E-state index contributed by atoms with van der Waals surface area (Å²) in [6, 6.07) is 1.89. The molecule has 22 heavy (non-hydrogen) atoms. The molecule has 0 radical (unpaired) electrons. The van der Waals surface area contributed by atoms with Gasteiger partial charge < -0.3 is 14.5 Å². The van der Waals surface area contributed by atoms with Crippen LogP contribution in [0.1, 0.15) is 33.5 Å². The van der Waals surface area contributed by atoms with Crippen LogP contribution in [0.25, 0.3) is 0 Å². The number of hydrogen-bond donors (Lipinski definition) is 0. The SMILES string of the molecule is Cc1nc(Cl)cc(N2CCN(C(=O)OC(C)(C)C)C[C@@H]2C)n1. The number of ether oxygens (including phenoxy) is 1. The maximum absolute atomic E-state index is 12.1. The molecule has 0 unspecified atom stereocenters. The van der Waals surface area contributed by atoms with Gasteiger partial charge in [0, 0.05) is 31.7 Å². The van der Waals surface area contributed by atoms with Gasteiger partial charge in [0.2, 0.25) is 0 Å². The van der Waals surface area contributed by atoms with Crippen molar-refractivity contribution in [3.63, 3.8) is 0 Å². The second kappa shape index (κ2) is 6.28. The van der Waals surface area contributed by atoms with Crippen LogP contribution >= 0.6 is 11.6 Å². The highest BCUT2D eigenvalue weighted by atomic mass is 35.5. The average Bonchev–Trinajstić information content (AvgIpc) is 2.35. The summed E-state index contributed by atoms with van der Waals surface area (Å²) in [5, 5.41) is 0.435. The van der Waals surface area contributed by atoms with E-state index in [0.717, 1.165) is 5.82 Å². The molecule has 2 heterocycles. The smallest absolute Gasteiger partial charge is 0.410 e. The van der Waals surface area contributed by atoms with Crippen LogP contribution < -0.4 is 4.90 Å². The molecule has 0 aromatic carbocycles. The first-order chi connectivity index (χ1) is 10.2. The number of nitrogens with zero attached hydrogens (tertiary/aromatic N) is 4. The number of anilines is 1. The van der Waals surface area contributed by atoms with E-state index < -0.39 is 5.60 Å². The van der Waals surface area contributed by atoms with E-state index in [4.69, 9.17) is 16.3 Å². The Kier molecular flexibility index (Phi) is 4.80. The molecule has 1 amide bonds. The fourth-order valence-corrected chi connectivity index (χ4v) is 2.67. The summed E-state index contributed by atoms with van der Waals surface area (Å²) in [4.78, 5) is 24.5. The summed E-state index contributed by atoms with van der Waals surface area (Å²) in [5.41, 5.74) is -0.477. The number of rotatable bonds is 1. The fourth-order valence-electron chi connectivity index (χ4n) is 2.45. The molecule has 1 atom stereocenters. The highest BCUT2D eigenvalue weighted by Crippen LogP contribution is 2.22. The summed E-state index contributed by atoms with van der Waals surface area (Å²) in [6.07, 6.45) is -0.268. The first-order valence-electron chi connectivity index (χ1n) is 7.41. The highest BCUT2D eigenvalue weighted by molar-refractivity contribution is 6.29. The summed E-state index contributed by atoms with van der Waals surface area (Å²) < 4.78 is 5.43. The van der Waals surface area contributed by atoms with Crippen molar-refractivity contribution in [3.05, 3.63) is 17.0 Å². The second-order valence-corrected chi connectivity index (χ2v) is 6.95. The molecule has 1 aliphatic rings. The number of carbonyl (C=O) groups is 1. The third kappa shape index (κ3) is 4.22. The molecule has 1 aromatic rings. The Hall–Kier alpha value is -1.56. The molecule has 0 N–H and O–H groups in total. The van der Waals surface area contributed by atoms with Crippen LogP contribution in [0.15, 0.2) is 6.07 Å². The van der Waals surface area contributed by atoms with Crippen LogP contribution in [-0.2, 0) is 4.74 Å². The Morgan fingerprint density at radius 3 is 2.59 bits per heavy atom. The van der Waals surface area contributed by atoms with Crippen molar-refractivity contribution in [3.8, 4) is 0 Å². The standard InChI is InChI=1S/C15H23ClN4O2/c1-10-9-19(14(21)22-15(3,4)5)6-7-20(10)13-8-12(16)17-11(2)18-13/h8,10H,6-7,9H2,1-5H3/t10-/m0/s1. The second-order valence-electron chi connectivity index (χ2n) is 6.56. The summed E-state index contributed by atoms with van der Waals surface area (Å²) in [6.45, 7) is 11.4. The lowest BCUT2D eigenvalue weighted by Gasteiger charge is -2.40. The van der Waals surface area contributed by atoms with Gasteiger partial charge in [0.05, 0.1) is 0 Å². The average molecular weight is 327 g/mol. The van der Waals surface area contributed by atoms with Gasteiger partial charge in [-0.05, 0) is 34.6 Å². The number of hydrogen-bond acceptors (Lipinski definition) is 5. The zero-order valence-electron chi connectivity index (χ0n) is 13.8. The highest BCUT2D eigenvalue weighted by Gasteiger charge is 2.30. The van der Waals surface area contributed by atoms with E-state index >= 15 is 0 Å². The predicted octanol–water partition coefficient (Wildman–Crippen LogP) is 2.88. The Morgan fingerprint density at radius 1 is 1.36 bits per heavy atom. The summed E-state index contributed by atoms with van der Waals surface area (Å²) >= 11 is 6.01. The summed E-state index contributed by atoms with van der Waals surface area (Å²) in [7, 11) is 0. The van der Waals surface area contributed by atoms with Crippen molar-refractivity contribution in [2.45, 2.75) is 46.3 Å². The van der Waals surface area contributed by atoms with Gasteiger partial charge in [0.25, 0.3) is 0 Å². The van der Waals surface area contributed by atoms with Crippen molar-refractivity contribution in [2.24, 2.45) is 0 Å². The number of aryl methyl sites for hydroxylation is 1. The third-order valence-electron chi connectivity index (χ3n) is 3.37. The first-order valence-corrected chi connectivity index (χ1v) is 7.79. The minimum atomic E-state index is -0.477. The van der Waals surface area contributed by atoms with Crippen LogP contribution in [0.3, 0.4) is 0 Å². The molecule has 1 aliphatic heterocycles. The van der Waals surface area contributed by atoms with Gasteiger partial charge in [-0.3, -0.25) is 0 Å². The molecule has 2 rings (SSSR count). The number of carbonyl (C=O) groups excluding carboxylic acids is 1. The normalized spacial score (nSPS) is 19.3.